The number of aromatic nitrogens is 1. The van der Waals surface area contributed by atoms with Gasteiger partial charge in [-0.1, -0.05) is 13.8 Å². The highest BCUT2D eigenvalue weighted by Crippen LogP contribution is 2.18. The van der Waals surface area contributed by atoms with Gasteiger partial charge in [-0.05, 0) is 26.2 Å². The minimum Gasteiger partial charge on any atom is -0.356 e. The van der Waals surface area contributed by atoms with Gasteiger partial charge in [-0.15, -0.1) is 11.3 Å². The molecule has 0 aromatic carbocycles. The van der Waals surface area contributed by atoms with Crippen molar-refractivity contribution in [3.05, 3.63) is 16.1 Å². The van der Waals surface area contributed by atoms with Gasteiger partial charge in [-0.3, -0.25) is 9.89 Å². The molecule has 1 aromatic rings. The van der Waals surface area contributed by atoms with Gasteiger partial charge in [0.05, 0.1) is 10.7 Å². The van der Waals surface area contributed by atoms with Gasteiger partial charge in [0.2, 0.25) is 0 Å². The lowest BCUT2D eigenvalue weighted by Gasteiger charge is -2.21. The summed E-state index contributed by atoms with van der Waals surface area (Å²) in [5, 5.41) is 10.4. The number of thiazole rings is 1. The summed E-state index contributed by atoms with van der Waals surface area (Å²) in [6, 6.07) is 1.08. The maximum atomic E-state index is 4.61. The molecule has 2 heterocycles. The molecule has 0 amide bonds. The fourth-order valence-electron chi connectivity index (χ4n) is 2.92. The summed E-state index contributed by atoms with van der Waals surface area (Å²) in [5.74, 6) is 1.54. The third-order valence-corrected chi connectivity index (χ3v) is 5.53. The van der Waals surface area contributed by atoms with E-state index in [1.165, 1.54) is 10.7 Å². The van der Waals surface area contributed by atoms with Crippen LogP contribution in [-0.2, 0) is 12.8 Å². The lowest BCUT2D eigenvalue weighted by atomic mass is 10.1. The van der Waals surface area contributed by atoms with Crippen LogP contribution in [0.25, 0.3) is 0 Å². The number of guanidine groups is 1. The molecule has 23 heavy (non-hydrogen) atoms. The largest absolute Gasteiger partial charge is 0.356 e. The predicted molar refractivity (Wildman–Crippen MR) is 99.4 cm³/mol. The Bertz CT molecular complexity index is 511. The van der Waals surface area contributed by atoms with Crippen molar-refractivity contribution in [2.24, 2.45) is 10.9 Å². The quantitative estimate of drug-likeness (QED) is 0.617. The van der Waals surface area contributed by atoms with Crippen molar-refractivity contribution in [2.45, 2.75) is 52.6 Å². The SMILES string of the molecule is CCc1nc(CCNC(=NC)NC2CN(C(C)C)CC2C)cs1. The van der Waals surface area contributed by atoms with E-state index in [1.54, 1.807) is 11.3 Å². The topological polar surface area (TPSA) is 52.6 Å². The van der Waals surface area contributed by atoms with Crippen LogP contribution in [-0.4, -0.2) is 54.6 Å². The molecule has 130 valence electrons. The number of hydrogen-bond donors (Lipinski definition) is 2. The minimum absolute atomic E-state index is 0.467. The summed E-state index contributed by atoms with van der Waals surface area (Å²) < 4.78 is 0. The van der Waals surface area contributed by atoms with Crippen LogP contribution in [0.15, 0.2) is 10.4 Å². The van der Waals surface area contributed by atoms with Crippen LogP contribution >= 0.6 is 11.3 Å². The van der Waals surface area contributed by atoms with E-state index in [9.17, 15) is 0 Å². The molecule has 2 rings (SSSR count). The van der Waals surface area contributed by atoms with Gasteiger partial charge in [0, 0.05) is 50.6 Å². The summed E-state index contributed by atoms with van der Waals surface area (Å²) in [6.07, 6.45) is 1.96. The monoisotopic (exact) mass is 337 g/mol. The molecule has 1 aromatic heterocycles. The van der Waals surface area contributed by atoms with E-state index in [2.05, 4.69) is 58.6 Å². The predicted octanol–water partition coefficient (Wildman–Crippen LogP) is 2.14. The van der Waals surface area contributed by atoms with Crippen molar-refractivity contribution in [2.75, 3.05) is 26.7 Å². The molecule has 2 atom stereocenters. The van der Waals surface area contributed by atoms with Crippen molar-refractivity contribution in [1.82, 2.24) is 20.5 Å². The van der Waals surface area contributed by atoms with Gasteiger partial charge >= 0.3 is 0 Å². The second kappa shape index (κ2) is 8.64. The van der Waals surface area contributed by atoms with Crippen LogP contribution < -0.4 is 10.6 Å². The molecular weight excluding hydrogens is 306 g/mol. The number of aliphatic imine (C=N–C) groups is 1. The van der Waals surface area contributed by atoms with Gasteiger partial charge in [-0.25, -0.2) is 4.98 Å². The van der Waals surface area contributed by atoms with Gasteiger partial charge in [0.25, 0.3) is 0 Å². The summed E-state index contributed by atoms with van der Waals surface area (Å²) >= 11 is 1.75. The molecule has 0 aliphatic carbocycles. The Balaban J connectivity index is 1.77. The second-order valence-corrected chi connectivity index (χ2v) is 7.55. The summed E-state index contributed by atoms with van der Waals surface area (Å²) in [5.41, 5.74) is 1.18. The van der Waals surface area contributed by atoms with Gasteiger partial charge < -0.3 is 10.6 Å². The van der Waals surface area contributed by atoms with Crippen molar-refractivity contribution >= 4 is 17.3 Å². The van der Waals surface area contributed by atoms with E-state index in [4.69, 9.17) is 0 Å². The molecule has 1 aliphatic rings. The van der Waals surface area contributed by atoms with Gasteiger partial charge in [0.15, 0.2) is 5.96 Å². The zero-order valence-electron chi connectivity index (χ0n) is 15.1. The first-order valence-corrected chi connectivity index (χ1v) is 9.56. The van der Waals surface area contributed by atoms with E-state index in [1.807, 2.05) is 7.05 Å². The first-order valence-electron chi connectivity index (χ1n) is 8.68. The molecule has 2 N–H and O–H groups in total. The third-order valence-electron chi connectivity index (χ3n) is 4.49. The molecule has 0 saturated carbocycles. The number of likely N-dealkylation sites (tertiary alicyclic amines) is 1. The van der Waals surface area contributed by atoms with Crippen LogP contribution in [0.4, 0.5) is 0 Å². The average molecular weight is 338 g/mol. The third kappa shape index (κ3) is 5.18. The molecule has 1 saturated heterocycles. The normalized spacial score (nSPS) is 22.8. The van der Waals surface area contributed by atoms with Crippen LogP contribution in [0.3, 0.4) is 0 Å². The number of rotatable bonds is 6. The maximum Gasteiger partial charge on any atom is 0.191 e. The molecule has 2 unspecified atom stereocenters. The molecule has 1 aliphatic heterocycles. The highest BCUT2D eigenvalue weighted by Gasteiger charge is 2.31. The van der Waals surface area contributed by atoms with Crippen LogP contribution in [0, 0.1) is 5.92 Å². The first-order chi connectivity index (χ1) is 11.0. The van der Waals surface area contributed by atoms with E-state index >= 15 is 0 Å². The molecule has 1 fully saturated rings. The Morgan fingerprint density at radius 3 is 2.83 bits per heavy atom. The number of nitrogens with zero attached hydrogens (tertiary/aromatic N) is 3. The van der Waals surface area contributed by atoms with Crippen LogP contribution in [0.1, 0.15) is 38.4 Å². The Morgan fingerprint density at radius 1 is 1.48 bits per heavy atom. The van der Waals surface area contributed by atoms with E-state index in [-0.39, 0.29) is 0 Å². The van der Waals surface area contributed by atoms with E-state index in [0.29, 0.717) is 18.0 Å². The fourth-order valence-corrected chi connectivity index (χ4v) is 3.70. The Hall–Kier alpha value is -1.14. The Morgan fingerprint density at radius 2 is 2.26 bits per heavy atom. The Labute approximate surface area is 144 Å². The first kappa shape index (κ1) is 18.2. The van der Waals surface area contributed by atoms with Crippen molar-refractivity contribution in [1.29, 1.82) is 0 Å². The lowest BCUT2D eigenvalue weighted by Crippen LogP contribution is -2.47. The van der Waals surface area contributed by atoms with Gasteiger partial charge in [-0.2, -0.15) is 0 Å². The average Bonchev–Trinajstić information content (AvgIpc) is 3.13. The summed E-state index contributed by atoms with van der Waals surface area (Å²) in [4.78, 5) is 11.5. The zero-order valence-corrected chi connectivity index (χ0v) is 15.9. The molecule has 0 spiro atoms. The number of hydrogen-bond acceptors (Lipinski definition) is 4. The molecular formula is C17H31N5S. The van der Waals surface area contributed by atoms with Crippen molar-refractivity contribution in [3.63, 3.8) is 0 Å². The highest BCUT2D eigenvalue weighted by atomic mass is 32.1. The standard InChI is InChI=1S/C17H31N5S/c1-6-16-20-14(11-23-16)7-8-19-17(18-5)21-15-10-22(12(2)3)9-13(15)4/h11-13,15H,6-10H2,1-5H3,(H2,18,19,21). The van der Waals surface area contributed by atoms with Crippen LogP contribution in [0.2, 0.25) is 0 Å². The molecule has 0 radical (unpaired) electrons. The smallest absolute Gasteiger partial charge is 0.191 e. The van der Waals surface area contributed by atoms with E-state index < -0.39 is 0 Å². The number of aryl methyl sites for hydroxylation is 1. The van der Waals surface area contributed by atoms with Crippen molar-refractivity contribution in [3.8, 4) is 0 Å². The summed E-state index contributed by atoms with van der Waals surface area (Å²) in [7, 11) is 1.84. The lowest BCUT2D eigenvalue weighted by molar-refractivity contribution is 0.265. The molecule has 6 heteroatoms. The minimum atomic E-state index is 0.467. The summed E-state index contributed by atoms with van der Waals surface area (Å²) in [6.45, 7) is 12.1. The zero-order chi connectivity index (χ0) is 16.8. The maximum absolute atomic E-state index is 4.61. The second-order valence-electron chi connectivity index (χ2n) is 6.61. The molecule has 5 nitrogen and oxygen atoms in total. The molecule has 0 bridgehead atoms. The number of nitrogens with one attached hydrogen (secondary N) is 2. The van der Waals surface area contributed by atoms with Crippen molar-refractivity contribution < 1.29 is 0 Å². The van der Waals surface area contributed by atoms with Crippen LogP contribution in [0.5, 0.6) is 0 Å². The highest BCUT2D eigenvalue weighted by molar-refractivity contribution is 7.09. The van der Waals surface area contributed by atoms with E-state index in [0.717, 1.165) is 38.4 Å². The fraction of sp³-hybridized carbons (Fsp3) is 0.765. The Kier molecular flexibility index (Phi) is 6.84. The van der Waals surface area contributed by atoms with Gasteiger partial charge in [0.1, 0.15) is 0 Å².